The molecule has 0 aromatic heterocycles. The van der Waals surface area contributed by atoms with Gasteiger partial charge in [0.15, 0.2) is 0 Å². The lowest BCUT2D eigenvalue weighted by atomic mass is 9.89. The summed E-state index contributed by atoms with van der Waals surface area (Å²) >= 11 is 0. The Morgan fingerprint density at radius 3 is 2.53 bits per heavy atom. The van der Waals surface area contributed by atoms with Crippen LogP contribution >= 0.6 is 0 Å². The number of unbranched alkanes of at least 4 members (excludes halogenated alkanes) is 1. The highest BCUT2D eigenvalue weighted by Crippen LogP contribution is 2.60. The van der Waals surface area contributed by atoms with Gasteiger partial charge >= 0.3 is 0 Å². The van der Waals surface area contributed by atoms with Gasteiger partial charge in [-0.05, 0) is 70.3 Å². The van der Waals surface area contributed by atoms with Gasteiger partial charge in [0.2, 0.25) is 0 Å². The minimum absolute atomic E-state index is 0.133. The molecule has 2 fully saturated rings. The van der Waals surface area contributed by atoms with E-state index in [0.717, 1.165) is 24.3 Å². The van der Waals surface area contributed by atoms with E-state index >= 15 is 0 Å². The summed E-state index contributed by atoms with van der Waals surface area (Å²) < 4.78 is 0. The first kappa shape index (κ1) is 12.9. The van der Waals surface area contributed by atoms with E-state index in [4.69, 9.17) is 5.26 Å². The molecule has 2 saturated carbocycles. The zero-order valence-electron chi connectivity index (χ0n) is 11.4. The summed E-state index contributed by atoms with van der Waals surface area (Å²) in [4.78, 5) is 0. The summed E-state index contributed by atoms with van der Waals surface area (Å²) in [5.74, 6) is 1.06. The van der Waals surface area contributed by atoms with Crippen molar-refractivity contribution in [2.24, 2.45) is 16.7 Å². The van der Waals surface area contributed by atoms with Crippen molar-refractivity contribution < 1.29 is 0 Å². The van der Waals surface area contributed by atoms with Gasteiger partial charge in [0, 0.05) is 6.54 Å². The highest BCUT2D eigenvalue weighted by molar-refractivity contribution is 5.04. The van der Waals surface area contributed by atoms with Crippen LogP contribution in [-0.2, 0) is 0 Å². The summed E-state index contributed by atoms with van der Waals surface area (Å²) in [6.45, 7) is 6.45. The van der Waals surface area contributed by atoms with Gasteiger partial charge < -0.3 is 5.32 Å². The first-order valence-corrected chi connectivity index (χ1v) is 7.20. The maximum absolute atomic E-state index is 8.91. The zero-order chi connectivity index (χ0) is 12.4. The van der Waals surface area contributed by atoms with Crippen LogP contribution in [-0.4, -0.2) is 13.1 Å². The van der Waals surface area contributed by atoms with Gasteiger partial charge in [0.25, 0.3) is 0 Å². The minimum atomic E-state index is -0.133. The average Bonchev–Trinajstić information content (AvgIpc) is 3.15. The fourth-order valence-electron chi connectivity index (χ4n) is 2.80. The molecule has 0 radical (unpaired) electrons. The van der Waals surface area contributed by atoms with Gasteiger partial charge in [-0.1, -0.05) is 6.42 Å². The lowest BCUT2D eigenvalue weighted by molar-refractivity contribution is 0.388. The smallest absolute Gasteiger partial charge is 0.0683 e. The topological polar surface area (TPSA) is 35.8 Å². The second-order valence-corrected chi connectivity index (χ2v) is 6.77. The largest absolute Gasteiger partial charge is 0.316 e. The molecule has 0 unspecified atom stereocenters. The lowest BCUT2D eigenvalue weighted by Crippen LogP contribution is -2.26. The van der Waals surface area contributed by atoms with E-state index in [9.17, 15) is 0 Å². The van der Waals surface area contributed by atoms with E-state index in [1.165, 1.54) is 45.1 Å². The van der Waals surface area contributed by atoms with Crippen molar-refractivity contribution >= 4 is 0 Å². The fourth-order valence-corrected chi connectivity index (χ4v) is 2.80. The van der Waals surface area contributed by atoms with Crippen LogP contribution in [0, 0.1) is 28.1 Å². The first-order chi connectivity index (χ1) is 8.08. The highest BCUT2D eigenvalue weighted by atomic mass is 14.9. The Morgan fingerprint density at radius 2 is 2.00 bits per heavy atom. The van der Waals surface area contributed by atoms with E-state index in [-0.39, 0.29) is 5.41 Å². The Morgan fingerprint density at radius 1 is 1.29 bits per heavy atom. The van der Waals surface area contributed by atoms with Crippen LogP contribution in [0.25, 0.3) is 0 Å². The minimum Gasteiger partial charge on any atom is -0.316 e. The van der Waals surface area contributed by atoms with Gasteiger partial charge in [0.05, 0.1) is 11.5 Å². The molecule has 96 valence electrons. The first-order valence-electron chi connectivity index (χ1n) is 7.20. The molecule has 0 amide bonds. The van der Waals surface area contributed by atoms with Crippen molar-refractivity contribution in [3.63, 3.8) is 0 Å². The van der Waals surface area contributed by atoms with Gasteiger partial charge in [0.1, 0.15) is 0 Å². The predicted octanol–water partition coefficient (Wildman–Crippen LogP) is 3.49. The Kier molecular flexibility index (Phi) is 3.78. The third kappa shape index (κ3) is 3.71. The third-order valence-electron chi connectivity index (χ3n) is 4.52. The fraction of sp³-hybridized carbons (Fsp3) is 0.933. The van der Waals surface area contributed by atoms with E-state index in [2.05, 4.69) is 11.4 Å². The van der Waals surface area contributed by atoms with Crippen LogP contribution < -0.4 is 5.32 Å². The van der Waals surface area contributed by atoms with Crippen LogP contribution in [0.4, 0.5) is 0 Å². The second-order valence-electron chi connectivity index (χ2n) is 6.77. The standard InChI is InChI=1S/C15H26N2/c1-14(2,11-16)7-3-4-10-17-12-15(8-9-15)13-5-6-13/h13,17H,3-10,12H2,1-2H3. The van der Waals surface area contributed by atoms with Crippen LogP contribution in [0.5, 0.6) is 0 Å². The van der Waals surface area contributed by atoms with E-state index < -0.39 is 0 Å². The van der Waals surface area contributed by atoms with Crippen LogP contribution in [0.1, 0.15) is 58.8 Å². The summed E-state index contributed by atoms with van der Waals surface area (Å²) in [5.41, 5.74) is 0.595. The molecular formula is C15H26N2. The summed E-state index contributed by atoms with van der Waals surface area (Å²) in [7, 11) is 0. The molecule has 2 aliphatic rings. The Balaban J connectivity index is 1.48. The van der Waals surface area contributed by atoms with Gasteiger partial charge in [-0.2, -0.15) is 5.26 Å². The number of hydrogen-bond donors (Lipinski definition) is 1. The SMILES string of the molecule is CC(C)(C#N)CCCCNCC1(C2CC2)CC1. The molecule has 2 aliphatic carbocycles. The quantitative estimate of drug-likeness (QED) is 0.653. The number of nitrogens with zero attached hydrogens (tertiary/aromatic N) is 1. The van der Waals surface area contributed by atoms with Gasteiger partial charge in [-0.15, -0.1) is 0 Å². The zero-order valence-corrected chi connectivity index (χ0v) is 11.4. The predicted molar refractivity (Wildman–Crippen MR) is 70.5 cm³/mol. The number of hydrogen-bond acceptors (Lipinski definition) is 2. The number of rotatable bonds is 8. The van der Waals surface area contributed by atoms with Crippen molar-refractivity contribution in [1.29, 1.82) is 5.26 Å². The molecule has 0 aromatic carbocycles. The molecule has 17 heavy (non-hydrogen) atoms. The van der Waals surface area contributed by atoms with Crippen LogP contribution in [0.15, 0.2) is 0 Å². The Bertz CT molecular complexity index is 293. The van der Waals surface area contributed by atoms with E-state index in [0.29, 0.717) is 0 Å². The Labute approximate surface area is 106 Å². The molecule has 0 spiro atoms. The van der Waals surface area contributed by atoms with Crippen LogP contribution in [0.2, 0.25) is 0 Å². The molecule has 0 saturated heterocycles. The maximum atomic E-state index is 8.91. The van der Waals surface area contributed by atoms with Crippen molar-refractivity contribution in [2.45, 2.75) is 58.8 Å². The van der Waals surface area contributed by atoms with E-state index in [1.54, 1.807) is 0 Å². The molecule has 0 aliphatic heterocycles. The normalized spacial score (nSPS) is 22.2. The third-order valence-corrected chi connectivity index (χ3v) is 4.52. The summed E-state index contributed by atoms with van der Waals surface area (Å²) in [6, 6.07) is 2.37. The molecule has 0 bridgehead atoms. The van der Waals surface area contributed by atoms with Gasteiger partial charge in [-0.25, -0.2) is 0 Å². The number of nitrogens with one attached hydrogen (secondary N) is 1. The molecule has 2 heteroatoms. The van der Waals surface area contributed by atoms with Crippen LogP contribution in [0.3, 0.4) is 0 Å². The molecule has 0 heterocycles. The molecule has 2 nitrogen and oxygen atoms in total. The van der Waals surface area contributed by atoms with Crippen molar-refractivity contribution in [3.05, 3.63) is 0 Å². The summed E-state index contributed by atoms with van der Waals surface area (Å²) in [6.07, 6.45) is 9.31. The Hall–Kier alpha value is -0.550. The van der Waals surface area contributed by atoms with Crippen molar-refractivity contribution in [2.75, 3.05) is 13.1 Å². The second kappa shape index (κ2) is 4.98. The lowest BCUT2D eigenvalue weighted by Gasteiger charge is -2.16. The number of nitriles is 1. The summed E-state index contributed by atoms with van der Waals surface area (Å²) in [5, 5.41) is 12.5. The molecule has 0 atom stereocenters. The monoisotopic (exact) mass is 234 g/mol. The van der Waals surface area contributed by atoms with E-state index in [1.807, 2.05) is 13.8 Å². The maximum Gasteiger partial charge on any atom is 0.0683 e. The molecule has 2 rings (SSSR count). The van der Waals surface area contributed by atoms with Crippen molar-refractivity contribution in [1.82, 2.24) is 5.32 Å². The van der Waals surface area contributed by atoms with Gasteiger partial charge in [-0.3, -0.25) is 0 Å². The molecule has 1 N–H and O–H groups in total. The molecular weight excluding hydrogens is 208 g/mol. The molecule has 0 aromatic rings. The van der Waals surface area contributed by atoms with Crippen molar-refractivity contribution in [3.8, 4) is 6.07 Å². The average molecular weight is 234 g/mol. The highest BCUT2D eigenvalue weighted by Gasteiger charge is 2.52.